The average Bonchev–Trinajstić information content (AvgIpc) is 3.94. The first-order valence-corrected chi connectivity index (χ1v) is 24.9. The van der Waals surface area contributed by atoms with Crippen LogP contribution in [0.25, 0.3) is 33.4 Å². The number of para-hydroxylation sites is 3. The molecule has 9 aromatic rings. The molecule has 3 unspecified atom stereocenters. The molecule has 0 radical (unpaired) electrons. The third-order valence-electron chi connectivity index (χ3n) is 16.4. The van der Waals surface area contributed by atoms with Crippen LogP contribution in [0, 0.1) is 11.8 Å². The summed E-state index contributed by atoms with van der Waals surface area (Å²) in [4.78, 5) is 5.30. The van der Waals surface area contributed by atoms with Crippen LogP contribution in [-0.4, -0.2) is 0 Å². The summed E-state index contributed by atoms with van der Waals surface area (Å²) in [6.07, 6.45) is 7.14. The predicted molar refractivity (Wildman–Crippen MR) is 284 cm³/mol. The summed E-state index contributed by atoms with van der Waals surface area (Å²) in [5.74, 6) is 0.936. The van der Waals surface area contributed by atoms with Crippen molar-refractivity contribution in [3.63, 3.8) is 0 Å². The maximum atomic E-state index is 2.67. The van der Waals surface area contributed by atoms with E-state index in [9.17, 15) is 0 Å². The lowest BCUT2D eigenvalue weighted by molar-refractivity contribution is 0.258. The van der Waals surface area contributed by atoms with Gasteiger partial charge in [-0.2, -0.15) is 0 Å². The quantitative estimate of drug-likeness (QED) is 0.150. The molecule has 0 N–H and O–H groups in total. The Bertz CT molecular complexity index is 3270. The van der Waals surface area contributed by atoms with Crippen LogP contribution in [-0.2, 0) is 23.7 Å². The van der Waals surface area contributed by atoms with Crippen LogP contribution in [0.3, 0.4) is 0 Å². The zero-order chi connectivity index (χ0) is 45.4. The number of anilines is 6. The lowest BCUT2D eigenvalue weighted by atomic mass is 9.63. The summed E-state index contributed by atoms with van der Waals surface area (Å²) >= 11 is 0. The van der Waals surface area contributed by atoms with Gasteiger partial charge in [-0.25, -0.2) is 0 Å². The first-order valence-electron chi connectivity index (χ1n) is 24.9. The first kappa shape index (κ1) is 40.8. The van der Waals surface area contributed by atoms with Gasteiger partial charge in [0, 0.05) is 39.0 Å². The molecule has 330 valence electrons. The molecule has 0 saturated heterocycles. The van der Waals surface area contributed by atoms with E-state index < -0.39 is 0 Å². The minimum atomic E-state index is -0.213. The summed E-state index contributed by atoms with van der Waals surface area (Å²) in [5, 5.41) is 0. The van der Waals surface area contributed by atoms with Gasteiger partial charge < -0.3 is 9.80 Å². The smallest absolute Gasteiger partial charge is 0.0618 e. The molecule has 68 heavy (non-hydrogen) atoms. The van der Waals surface area contributed by atoms with E-state index in [0.717, 1.165) is 12.8 Å². The minimum absolute atomic E-state index is 0.117. The SMILES string of the molecule is CC1(C)c2ccccc2-c2ccc(N(c3ccccc3)c3cccc4c3C35c6c(cccc6N(c6ccccc6)c6c(-c7ccccc7)cccc6-c6ccccc6)CC3CCCCC5C4)cc21. The fourth-order valence-corrected chi connectivity index (χ4v) is 13.7. The van der Waals surface area contributed by atoms with E-state index in [1.165, 1.54) is 121 Å². The molecule has 3 atom stereocenters. The van der Waals surface area contributed by atoms with Crippen molar-refractivity contribution in [3.8, 4) is 33.4 Å². The largest absolute Gasteiger partial charge is 0.310 e. The van der Waals surface area contributed by atoms with Gasteiger partial charge in [0.2, 0.25) is 0 Å². The molecule has 0 heterocycles. The number of fused-ring (bicyclic) bond motifs is 5. The van der Waals surface area contributed by atoms with Gasteiger partial charge >= 0.3 is 0 Å². The lowest BCUT2D eigenvalue weighted by Crippen LogP contribution is -2.39. The summed E-state index contributed by atoms with van der Waals surface area (Å²) in [5.41, 5.74) is 23.6. The molecular weight excluding hydrogens is 821 g/mol. The van der Waals surface area contributed by atoms with Crippen molar-refractivity contribution in [2.45, 2.75) is 63.2 Å². The van der Waals surface area contributed by atoms with Crippen molar-refractivity contribution in [1.29, 1.82) is 0 Å². The summed E-state index contributed by atoms with van der Waals surface area (Å²) in [6, 6.07) is 82.4. The average molecular weight is 877 g/mol. The van der Waals surface area contributed by atoms with E-state index in [1.807, 2.05) is 0 Å². The summed E-state index contributed by atoms with van der Waals surface area (Å²) in [7, 11) is 0. The van der Waals surface area contributed by atoms with Crippen LogP contribution in [0.1, 0.15) is 72.9 Å². The van der Waals surface area contributed by atoms with Gasteiger partial charge in [0.1, 0.15) is 0 Å². The molecule has 1 spiro atoms. The topological polar surface area (TPSA) is 6.48 Å². The van der Waals surface area contributed by atoms with Crippen molar-refractivity contribution in [3.05, 3.63) is 252 Å². The summed E-state index contributed by atoms with van der Waals surface area (Å²) in [6.45, 7) is 4.81. The Balaban J connectivity index is 1.09. The molecule has 0 bridgehead atoms. The number of benzene rings is 9. The third-order valence-corrected chi connectivity index (χ3v) is 16.4. The van der Waals surface area contributed by atoms with Crippen molar-refractivity contribution >= 4 is 34.1 Å². The molecular formula is C66H56N2. The molecule has 13 rings (SSSR count). The first-order chi connectivity index (χ1) is 33.5. The second-order valence-electron chi connectivity index (χ2n) is 20.3. The van der Waals surface area contributed by atoms with E-state index in [4.69, 9.17) is 0 Å². The molecule has 0 amide bonds. The van der Waals surface area contributed by atoms with E-state index in [1.54, 1.807) is 5.56 Å². The van der Waals surface area contributed by atoms with E-state index in [-0.39, 0.29) is 10.8 Å². The zero-order valence-corrected chi connectivity index (χ0v) is 39.1. The van der Waals surface area contributed by atoms with Gasteiger partial charge in [-0.1, -0.05) is 197 Å². The fraction of sp³-hybridized carbons (Fsp3) is 0.182. The van der Waals surface area contributed by atoms with Gasteiger partial charge in [0.15, 0.2) is 0 Å². The van der Waals surface area contributed by atoms with E-state index in [0.29, 0.717) is 11.8 Å². The van der Waals surface area contributed by atoms with Gasteiger partial charge in [0.25, 0.3) is 0 Å². The Morgan fingerprint density at radius 1 is 0.382 bits per heavy atom. The number of hydrogen-bond donors (Lipinski definition) is 0. The van der Waals surface area contributed by atoms with Crippen molar-refractivity contribution in [1.82, 2.24) is 0 Å². The van der Waals surface area contributed by atoms with Crippen molar-refractivity contribution in [2.75, 3.05) is 9.80 Å². The maximum absolute atomic E-state index is 2.67. The van der Waals surface area contributed by atoms with E-state index in [2.05, 4.69) is 242 Å². The molecule has 4 aliphatic rings. The monoisotopic (exact) mass is 876 g/mol. The van der Waals surface area contributed by atoms with Crippen LogP contribution in [0.2, 0.25) is 0 Å². The van der Waals surface area contributed by atoms with Crippen LogP contribution >= 0.6 is 0 Å². The molecule has 1 saturated carbocycles. The lowest BCUT2D eigenvalue weighted by Gasteiger charge is -2.43. The number of hydrogen-bond acceptors (Lipinski definition) is 2. The zero-order valence-electron chi connectivity index (χ0n) is 39.1. The molecule has 1 fully saturated rings. The van der Waals surface area contributed by atoms with Gasteiger partial charge in [-0.3, -0.25) is 0 Å². The van der Waals surface area contributed by atoms with Crippen LogP contribution in [0.5, 0.6) is 0 Å². The van der Waals surface area contributed by atoms with Crippen LogP contribution in [0.15, 0.2) is 218 Å². The highest BCUT2D eigenvalue weighted by Crippen LogP contribution is 2.67. The Kier molecular flexibility index (Phi) is 9.68. The Hall–Kier alpha value is -7.42. The second kappa shape index (κ2) is 16.1. The Morgan fingerprint density at radius 3 is 1.41 bits per heavy atom. The van der Waals surface area contributed by atoms with Gasteiger partial charge in [0.05, 0.1) is 17.1 Å². The van der Waals surface area contributed by atoms with E-state index >= 15 is 0 Å². The highest BCUT2D eigenvalue weighted by Gasteiger charge is 2.59. The van der Waals surface area contributed by atoms with Crippen molar-refractivity contribution < 1.29 is 0 Å². The minimum Gasteiger partial charge on any atom is -0.310 e. The summed E-state index contributed by atoms with van der Waals surface area (Å²) < 4.78 is 0. The maximum Gasteiger partial charge on any atom is 0.0618 e. The Labute approximate surface area is 402 Å². The molecule has 2 nitrogen and oxygen atoms in total. The Morgan fingerprint density at radius 2 is 0.838 bits per heavy atom. The highest BCUT2D eigenvalue weighted by molar-refractivity contribution is 5.99. The predicted octanol–water partition coefficient (Wildman–Crippen LogP) is 17.5. The fourth-order valence-electron chi connectivity index (χ4n) is 13.7. The second-order valence-corrected chi connectivity index (χ2v) is 20.3. The molecule has 2 heteroatoms. The van der Waals surface area contributed by atoms with Gasteiger partial charge in [-0.15, -0.1) is 0 Å². The van der Waals surface area contributed by atoms with Gasteiger partial charge in [-0.05, 0) is 142 Å². The number of rotatable bonds is 8. The molecule has 4 aliphatic carbocycles. The number of nitrogens with zero attached hydrogens (tertiary/aromatic N) is 2. The highest BCUT2D eigenvalue weighted by atomic mass is 15.2. The molecule has 0 aliphatic heterocycles. The third kappa shape index (κ3) is 6.16. The normalized spacial score (nSPS) is 19.1. The van der Waals surface area contributed by atoms with Crippen molar-refractivity contribution in [2.24, 2.45) is 11.8 Å². The molecule has 9 aromatic carbocycles. The molecule has 0 aromatic heterocycles. The standard InChI is InChI=1S/C66H56N2/c1-65(2)58-37-18-17-34-56(58)57-41-40-53(44-59(57)65)67(51-30-11-5-12-31-51)60-38-19-26-47-42-49-28-15-16-29-50-43-48-27-20-39-61(63(48)66(49,50)62(47)60)68(52-32-13-6-14-33-52)64-54(45-22-7-3-8-23-45)35-21-36-55(64)46-24-9-4-10-25-46/h3-14,17-27,30-41,44,49-50H,15-16,28-29,42-43H2,1-2H3. The van der Waals surface area contributed by atoms with Crippen LogP contribution in [0.4, 0.5) is 34.1 Å². The van der Waals surface area contributed by atoms with Crippen LogP contribution < -0.4 is 9.80 Å².